The van der Waals surface area contributed by atoms with Crippen LogP contribution in [-0.2, 0) is 17.3 Å². The van der Waals surface area contributed by atoms with E-state index in [0.29, 0.717) is 59.7 Å². The smallest absolute Gasteiger partial charge is 0.388 e. The maximum atomic E-state index is 13.1. The molecule has 208 valence electrons. The number of alkyl halides is 3. The number of aliphatic hydroxyl groups is 1. The van der Waals surface area contributed by atoms with E-state index in [1.807, 2.05) is 16.8 Å². The molecule has 1 saturated heterocycles. The lowest BCUT2D eigenvalue weighted by Crippen LogP contribution is -2.45. The third kappa shape index (κ3) is 5.06. The quantitative estimate of drug-likeness (QED) is 0.302. The van der Waals surface area contributed by atoms with Crippen LogP contribution in [0.4, 0.5) is 19.0 Å². The summed E-state index contributed by atoms with van der Waals surface area (Å²) in [7, 11) is 2.07. The van der Waals surface area contributed by atoms with Gasteiger partial charge in [0.2, 0.25) is 0 Å². The van der Waals surface area contributed by atoms with E-state index in [0.717, 1.165) is 30.7 Å². The highest BCUT2D eigenvalue weighted by molar-refractivity contribution is 6.32. The van der Waals surface area contributed by atoms with Gasteiger partial charge in [-0.15, -0.1) is 0 Å². The Hall–Kier alpha value is -2.93. The molecule has 0 spiro atoms. The van der Waals surface area contributed by atoms with Crippen LogP contribution in [0.5, 0.6) is 0 Å². The van der Waals surface area contributed by atoms with Crippen molar-refractivity contribution in [3.05, 3.63) is 47.1 Å². The summed E-state index contributed by atoms with van der Waals surface area (Å²) in [6.07, 6.45) is 1.54. The second-order valence-electron chi connectivity index (χ2n) is 10.7. The molecule has 4 aromatic rings. The molecule has 3 atom stereocenters. The maximum Gasteiger partial charge on any atom is 0.417 e. The zero-order chi connectivity index (χ0) is 27.5. The molecular weight excluding hydrogens is 535 g/mol. The third-order valence-corrected chi connectivity index (χ3v) is 8.33. The molecule has 1 saturated carbocycles. The van der Waals surface area contributed by atoms with Crippen molar-refractivity contribution < 1.29 is 23.0 Å². The molecule has 0 bridgehead atoms. The average Bonchev–Trinajstić information content (AvgIpc) is 3.53. The summed E-state index contributed by atoms with van der Waals surface area (Å²) in [6, 6.07) is 4.53. The molecule has 1 aromatic carbocycles. The fourth-order valence-corrected chi connectivity index (χ4v) is 6.09. The molecule has 0 unspecified atom stereocenters. The number of anilines is 1. The van der Waals surface area contributed by atoms with Crippen LogP contribution in [0.15, 0.2) is 30.7 Å². The van der Waals surface area contributed by atoms with Crippen molar-refractivity contribution in [1.82, 2.24) is 29.4 Å². The maximum absolute atomic E-state index is 13.1. The molecular formula is C26H29ClF3N7O2. The Kier molecular flexibility index (Phi) is 6.69. The molecule has 4 N–H and O–H groups in total. The number of aliphatic hydroxyl groups excluding tert-OH is 1. The number of hydrogen-bond acceptors (Lipinski definition) is 7. The van der Waals surface area contributed by atoms with Gasteiger partial charge in [0.15, 0.2) is 6.23 Å². The van der Waals surface area contributed by atoms with Crippen molar-refractivity contribution in [3.63, 3.8) is 0 Å². The van der Waals surface area contributed by atoms with Crippen molar-refractivity contribution >= 4 is 39.5 Å². The predicted molar refractivity (Wildman–Crippen MR) is 140 cm³/mol. The van der Waals surface area contributed by atoms with Gasteiger partial charge in [0, 0.05) is 31.6 Å². The fourth-order valence-electron chi connectivity index (χ4n) is 5.82. The Morgan fingerprint density at radius 3 is 2.82 bits per heavy atom. The molecule has 1 aliphatic heterocycles. The SMILES string of the molecule is CN(C[C@@H]1C[C@@H](O)[C@H](n2ccc3c(N)ncnc32)O1)[C@H]1C[C@@H](CCc2nc3cc(Cl)c(C(F)(F)F)cc3[nH]2)C1. The lowest BCUT2D eigenvalue weighted by Gasteiger charge is -2.42. The summed E-state index contributed by atoms with van der Waals surface area (Å²) in [4.78, 5) is 18.1. The summed E-state index contributed by atoms with van der Waals surface area (Å²) in [5.74, 6) is 1.57. The van der Waals surface area contributed by atoms with Crippen molar-refractivity contribution in [2.24, 2.45) is 5.92 Å². The van der Waals surface area contributed by atoms with E-state index in [1.54, 1.807) is 0 Å². The van der Waals surface area contributed by atoms with Gasteiger partial charge in [0.1, 0.15) is 29.7 Å². The molecule has 0 amide bonds. The van der Waals surface area contributed by atoms with Crippen LogP contribution < -0.4 is 5.73 Å². The molecule has 0 radical (unpaired) electrons. The van der Waals surface area contributed by atoms with E-state index in [1.165, 1.54) is 12.4 Å². The minimum atomic E-state index is -4.51. The minimum absolute atomic E-state index is 0.116. The highest BCUT2D eigenvalue weighted by Gasteiger charge is 2.39. The topological polar surface area (TPSA) is 118 Å². The number of nitrogens with two attached hydrogens (primary N) is 1. The Bertz CT molecular complexity index is 1500. The number of rotatable bonds is 7. The number of H-pyrrole nitrogens is 1. The molecule has 39 heavy (non-hydrogen) atoms. The first-order valence-electron chi connectivity index (χ1n) is 12.9. The van der Waals surface area contributed by atoms with Crippen molar-refractivity contribution in [1.29, 1.82) is 0 Å². The minimum Gasteiger partial charge on any atom is -0.388 e. The lowest BCUT2D eigenvalue weighted by molar-refractivity contribution is -0.137. The number of hydrogen-bond donors (Lipinski definition) is 3. The molecule has 4 heterocycles. The summed E-state index contributed by atoms with van der Waals surface area (Å²) in [5.41, 5.74) is 6.49. The number of ether oxygens (including phenoxy) is 1. The molecule has 3 aromatic heterocycles. The van der Waals surface area contributed by atoms with Gasteiger partial charge in [-0.2, -0.15) is 13.2 Å². The van der Waals surface area contributed by atoms with Gasteiger partial charge in [-0.05, 0) is 50.4 Å². The number of nitrogens with one attached hydrogen (secondary N) is 1. The fraction of sp³-hybridized carbons (Fsp3) is 0.500. The lowest BCUT2D eigenvalue weighted by atomic mass is 9.76. The van der Waals surface area contributed by atoms with Gasteiger partial charge >= 0.3 is 6.18 Å². The van der Waals surface area contributed by atoms with Gasteiger partial charge in [0.05, 0.1) is 33.1 Å². The van der Waals surface area contributed by atoms with Crippen molar-refractivity contribution in [2.75, 3.05) is 19.3 Å². The van der Waals surface area contributed by atoms with Crippen LogP contribution in [0.2, 0.25) is 5.02 Å². The number of aromatic amines is 1. The Labute approximate surface area is 227 Å². The summed E-state index contributed by atoms with van der Waals surface area (Å²) < 4.78 is 47.5. The normalized spacial score (nSPS) is 25.7. The van der Waals surface area contributed by atoms with Crippen LogP contribution >= 0.6 is 11.6 Å². The first-order chi connectivity index (χ1) is 18.6. The van der Waals surface area contributed by atoms with E-state index in [9.17, 15) is 18.3 Å². The number of likely N-dealkylation sites (N-methyl/N-ethyl adjacent to an activating group) is 1. The highest BCUT2D eigenvalue weighted by Crippen LogP contribution is 2.38. The van der Waals surface area contributed by atoms with Crippen LogP contribution in [-0.4, -0.2) is 66.4 Å². The number of nitrogens with zero attached hydrogens (tertiary/aromatic N) is 5. The molecule has 1 aliphatic carbocycles. The van der Waals surface area contributed by atoms with Crippen LogP contribution in [0.3, 0.4) is 0 Å². The third-order valence-electron chi connectivity index (χ3n) is 8.02. The number of imidazole rings is 1. The number of halogens is 4. The number of benzene rings is 1. The van der Waals surface area contributed by atoms with Gasteiger partial charge in [-0.25, -0.2) is 15.0 Å². The number of aromatic nitrogens is 5. The van der Waals surface area contributed by atoms with Crippen LogP contribution in [0.25, 0.3) is 22.1 Å². The second kappa shape index (κ2) is 9.92. The Morgan fingerprint density at radius 1 is 1.26 bits per heavy atom. The molecule has 13 heteroatoms. The summed E-state index contributed by atoms with van der Waals surface area (Å²) >= 11 is 5.82. The standard InChI is InChI=1S/C26H29ClF3N7O2/c1-36(11-15-8-21(38)25(39-15)37-5-4-16-23(31)32-12-33-24(16)37)14-6-13(7-14)2-3-22-34-19-9-17(26(28,29)30)18(27)10-20(19)35-22/h4-5,9-10,12-15,21,25,38H,2-3,6-8,11H2,1H3,(H,34,35)(H2,31,32,33)/t13-,14+,15-,21+,25+/m0/s1. The zero-order valence-corrected chi connectivity index (χ0v) is 22.0. The van der Waals surface area contributed by atoms with Gasteiger partial charge in [-0.3, -0.25) is 0 Å². The largest absolute Gasteiger partial charge is 0.417 e. The first kappa shape index (κ1) is 26.3. The molecule has 6 rings (SSSR count). The van der Waals surface area contributed by atoms with Gasteiger partial charge in [0.25, 0.3) is 0 Å². The number of fused-ring (bicyclic) bond motifs is 2. The highest BCUT2D eigenvalue weighted by atomic mass is 35.5. The summed E-state index contributed by atoms with van der Waals surface area (Å²) in [5, 5.41) is 11.1. The van der Waals surface area contributed by atoms with E-state index >= 15 is 0 Å². The number of nitrogen functional groups attached to an aromatic ring is 1. The summed E-state index contributed by atoms with van der Waals surface area (Å²) in [6.45, 7) is 0.702. The van der Waals surface area contributed by atoms with Crippen molar-refractivity contribution in [2.45, 2.75) is 62.8 Å². The second-order valence-corrected chi connectivity index (χ2v) is 11.1. The first-order valence-corrected chi connectivity index (χ1v) is 13.3. The monoisotopic (exact) mass is 563 g/mol. The predicted octanol–water partition coefficient (Wildman–Crippen LogP) is 4.55. The Morgan fingerprint density at radius 2 is 2.05 bits per heavy atom. The molecule has 2 aliphatic rings. The molecule has 2 fully saturated rings. The van der Waals surface area contributed by atoms with Gasteiger partial charge < -0.3 is 30.0 Å². The molecule has 9 nitrogen and oxygen atoms in total. The van der Waals surface area contributed by atoms with Crippen molar-refractivity contribution in [3.8, 4) is 0 Å². The van der Waals surface area contributed by atoms with Crippen LogP contribution in [0, 0.1) is 5.92 Å². The van der Waals surface area contributed by atoms with E-state index in [4.69, 9.17) is 22.1 Å². The Balaban J connectivity index is 0.998. The average molecular weight is 564 g/mol. The van der Waals surface area contributed by atoms with Crippen LogP contribution in [0.1, 0.15) is 43.3 Å². The number of aryl methyl sites for hydroxylation is 1. The van der Waals surface area contributed by atoms with E-state index in [2.05, 4.69) is 31.9 Å². The van der Waals surface area contributed by atoms with E-state index < -0.39 is 24.1 Å². The zero-order valence-electron chi connectivity index (χ0n) is 21.2. The van der Waals surface area contributed by atoms with Gasteiger partial charge in [-0.1, -0.05) is 11.6 Å². The van der Waals surface area contributed by atoms with E-state index in [-0.39, 0.29) is 11.1 Å².